The number of rotatable bonds is 4. The number of benzene rings is 1. The van der Waals surface area contributed by atoms with Gasteiger partial charge in [0.15, 0.2) is 0 Å². The highest BCUT2D eigenvalue weighted by Gasteiger charge is 2.24. The number of aromatic nitrogens is 2. The SMILES string of the molecule is CCOC(=O)c1c(C)nc(N2CCCC2)nc1-c1cccc(Cl)c1. The van der Waals surface area contributed by atoms with E-state index < -0.39 is 5.97 Å². The van der Waals surface area contributed by atoms with E-state index in [4.69, 9.17) is 16.3 Å². The standard InChI is InChI=1S/C18H20ClN3O2/c1-3-24-17(23)15-12(2)20-18(22-9-4-5-10-22)21-16(15)13-7-6-8-14(19)11-13/h6-8,11H,3-5,9-10H2,1-2H3. The number of aryl methyl sites for hydroxylation is 1. The number of esters is 1. The molecule has 2 heterocycles. The van der Waals surface area contributed by atoms with E-state index in [2.05, 4.69) is 14.9 Å². The molecule has 24 heavy (non-hydrogen) atoms. The molecule has 1 saturated heterocycles. The van der Waals surface area contributed by atoms with Gasteiger partial charge in [-0.2, -0.15) is 0 Å². The van der Waals surface area contributed by atoms with E-state index in [0.29, 0.717) is 34.5 Å². The van der Waals surface area contributed by atoms with Crippen LogP contribution in [0.2, 0.25) is 5.02 Å². The molecule has 1 fully saturated rings. The zero-order valence-electron chi connectivity index (χ0n) is 13.9. The molecule has 0 spiro atoms. The summed E-state index contributed by atoms with van der Waals surface area (Å²) in [5, 5.41) is 0.598. The summed E-state index contributed by atoms with van der Waals surface area (Å²) in [6.07, 6.45) is 2.27. The second-order valence-corrected chi connectivity index (χ2v) is 6.19. The molecule has 1 aliphatic rings. The molecule has 0 unspecified atom stereocenters. The second-order valence-electron chi connectivity index (χ2n) is 5.76. The molecule has 126 valence electrons. The van der Waals surface area contributed by atoms with E-state index in [1.807, 2.05) is 19.1 Å². The van der Waals surface area contributed by atoms with Crippen LogP contribution in [-0.2, 0) is 4.74 Å². The quantitative estimate of drug-likeness (QED) is 0.787. The maximum Gasteiger partial charge on any atom is 0.342 e. The van der Waals surface area contributed by atoms with Gasteiger partial charge in [0.25, 0.3) is 0 Å². The van der Waals surface area contributed by atoms with Crippen LogP contribution in [0.1, 0.15) is 35.8 Å². The fourth-order valence-electron chi connectivity index (χ4n) is 2.91. The van der Waals surface area contributed by atoms with Gasteiger partial charge in [-0.25, -0.2) is 14.8 Å². The van der Waals surface area contributed by atoms with Crippen LogP contribution < -0.4 is 4.90 Å². The summed E-state index contributed by atoms with van der Waals surface area (Å²) in [4.78, 5) is 23.8. The van der Waals surface area contributed by atoms with Crippen molar-refractivity contribution in [1.29, 1.82) is 0 Å². The topological polar surface area (TPSA) is 55.3 Å². The number of ether oxygens (including phenoxy) is 1. The molecule has 1 aliphatic heterocycles. The van der Waals surface area contributed by atoms with Crippen molar-refractivity contribution in [3.05, 3.63) is 40.5 Å². The first-order chi connectivity index (χ1) is 11.6. The first kappa shape index (κ1) is 16.7. The number of nitrogens with zero attached hydrogens (tertiary/aromatic N) is 3. The van der Waals surface area contributed by atoms with Crippen LogP contribution in [0.25, 0.3) is 11.3 Å². The van der Waals surface area contributed by atoms with Gasteiger partial charge < -0.3 is 9.64 Å². The van der Waals surface area contributed by atoms with Crippen LogP contribution in [-0.4, -0.2) is 35.6 Å². The third kappa shape index (κ3) is 3.36. The molecule has 0 N–H and O–H groups in total. The molecule has 0 atom stereocenters. The van der Waals surface area contributed by atoms with Crippen LogP contribution in [0.15, 0.2) is 24.3 Å². The van der Waals surface area contributed by atoms with Crippen molar-refractivity contribution >= 4 is 23.5 Å². The van der Waals surface area contributed by atoms with Gasteiger partial charge in [-0.1, -0.05) is 23.7 Å². The van der Waals surface area contributed by atoms with E-state index >= 15 is 0 Å². The lowest BCUT2D eigenvalue weighted by Crippen LogP contribution is -2.22. The van der Waals surface area contributed by atoms with Gasteiger partial charge >= 0.3 is 5.97 Å². The van der Waals surface area contributed by atoms with Crippen LogP contribution in [0, 0.1) is 6.92 Å². The summed E-state index contributed by atoms with van der Waals surface area (Å²) in [6, 6.07) is 7.34. The van der Waals surface area contributed by atoms with Gasteiger partial charge in [0.2, 0.25) is 5.95 Å². The third-order valence-corrected chi connectivity index (χ3v) is 4.28. The van der Waals surface area contributed by atoms with E-state index in [1.54, 1.807) is 19.1 Å². The van der Waals surface area contributed by atoms with Crippen molar-refractivity contribution in [2.24, 2.45) is 0 Å². The van der Waals surface area contributed by atoms with Crippen molar-refractivity contribution in [2.75, 3.05) is 24.6 Å². The maximum atomic E-state index is 12.4. The monoisotopic (exact) mass is 345 g/mol. The van der Waals surface area contributed by atoms with Crippen molar-refractivity contribution in [3.8, 4) is 11.3 Å². The second kappa shape index (κ2) is 7.18. The van der Waals surface area contributed by atoms with Gasteiger partial charge in [-0.3, -0.25) is 0 Å². The van der Waals surface area contributed by atoms with E-state index in [0.717, 1.165) is 31.5 Å². The Balaban J connectivity index is 2.15. The molecular formula is C18H20ClN3O2. The predicted molar refractivity (Wildman–Crippen MR) is 94.6 cm³/mol. The summed E-state index contributed by atoms with van der Waals surface area (Å²) in [5.41, 5.74) is 2.39. The Morgan fingerprint density at radius 2 is 2.04 bits per heavy atom. The van der Waals surface area contributed by atoms with Crippen molar-refractivity contribution in [1.82, 2.24) is 9.97 Å². The largest absolute Gasteiger partial charge is 0.462 e. The number of halogens is 1. The van der Waals surface area contributed by atoms with Crippen molar-refractivity contribution < 1.29 is 9.53 Å². The lowest BCUT2D eigenvalue weighted by atomic mass is 10.0. The Kier molecular flexibility index (Phi) is 5.00. The highest BCUT2D eigenvalue weighted by molar-refractivity contribution is 6.30. The number of carbonyl (C=O) groups excluding carboxylic acids is 1. The summed E-state index contributed by atoms with van der Waals surface area (Å²) in [5.74, 6) is 0.256. The minimum absolute atomic E-state index is 0.307. The van der Waals surface area contributed by atoms with Gasteiger partial charge in [0.1, 0.15) is 5.56 Å². The third-order valence-electron chi connectivity index (χ3n) is 4.04. The maximum absolute atomic E-state index is 12.4. The molecular weight excluding hydrogens is 326 g/mol. The minimum atomic E-state index is -0.405. The van der Waals surface area contributed by atoms with E-state index in [1.165, 1.54) is 0 Å². The molecule has 1 aromatic carbocycles. The Morgan fingerprint density at radius 3 is 2.71 bits per heavy atom. The molecule has 0 aliphatic carbocycles. The molecule has 2 aromatic rings. The molecule has 5 nitrogen and oxygen atoms in total. The van der Waals surface area contributed by atoms with E-state index in [9.17, 15) is 4.79 Å². The lowest BCUT2D eigenvalue weighted by Gasteiger charge is -2.19. The predicted octanol–water partition coefficient (Wildman–Crippen LogP) is 3.88. The number of hydrogen-bond acceptors (Lipinski definition) is 5. The Morgan fingerprint density at radius 1 is 1.29 bits per heavy atom. The van der Waals surface area contributed by atoms with Crippen molar-refractivity contribution in [2.45, 2.75) is 26.7 Å². The Labute approximate surface area is 146 Å². The zero-order chi connectivity index (χ0) is 17.1. The summed E-state index contributed by atoms with van der Waals surface area (Å²) >= 11 is 6.12. The number of anilines is 1. The van der Waals surface area contributed by atoms with Crippen LogP contribution >= 0.6 is 11.6 Å². The van der Waals surface area contributed by atoms with Gasteiger partial charge in [0, 0.05) is 23.7 Å². The fourth-order valence-corrected chi connectivity index (χ4v) is 3.10. The van der Waals surface area contributed by atoms with E-state index in [-0.39, 0.29) is 0 Å². The van der Waals surface area contributed by atoms with Gasteiger partial charge in [-0.05, 0) is 38.8 Å². The highest BCUT2D eigenvalue weighted by atomic mass is 35.5. The van der Waals surface area contributed by atoms with Gasteiger partial charge in [-0.15, -0.1) is 0 Å². The number of hydrogen-bond donors (Lipinski definition) is 0. The normalized spacial score (nSPS) is 14.0. The van der Waals surface area contributed by atoms with Crippen LogP contribution in [0.3, 0.4) is 0 Å². The zero-order valence-corrected chi connectivity index (χ0v) is 14.6. The molecule has 0 amide bonds. The molecule has 0 bridgehead atoms. The van der Waals surface area contributed by atoms with Crippen LogP contribution in [0.4, 0.5) is 5.95 Å². The molecule has 0 saturated carbocycles. The smallest absolute Gasteiger partial charge is 0.342 e. The van der Waals surface area contributed by atoms with Gasteiger partial charge in [0.05, 0.1) is 18.0 Å². The number of carbonyl (C=O) groups is 1. The Bertz CT molecular complexity index is 758. The Hall–Kier alpha value is -2.14. The molecule has 3 rings (SSSR count). The highest BCUT2D eigenvalue weighted by Crippen LogP contribution is 2.29. The summed E-state index contributed by atoms with van der Waals surface area (Å²) in [7, 11) is 0. The summed E-state index contributed by atoms with van der Waals surface area (Å²) in [6.45, 7) is 5.79. The molecule has 1 aromatic heterocycles. The lowest BCUT2D eigenvalue weighted by molar-refractivity contribution is 0.0525. The molecule has 6 heteroatoms. The molecule has 0 radical (unpaired) electrons. The first-order valence-electron chi connectivity index (χ1n) is 8.16. The summed E-state index contributed by atoms with van der Waals surface area (Å²) < 4.78 is 5.20. The average Bonchev–Trinajstić information content (AvgIpc) is 3.08. The van der Waals surface area contributed by atoms with Crippen LogP contribution in [0.5, 0.6) is 0 Å². The fraction of sp³-hybridized carbons (Fsp3) is 0.389. The van der Waals surface area contributed by atoms with Crippen molar-refractivity contribution in [3.63, 3.8) is 0 Å². The minimum Gasteiger partial charge on any atom is -0.462 e. The average molecular weight is 346 g/mol. The first-order valence-corrected chi connectivity index (χ1v) is 8.54.